The van der Waals surface area contributed by atoms with Gasteiger partial charge in [-0.1, -0.05) is 0 Å². The highest BCUT2D eigenvalue weighted by Gasteiger charge is 2.54. The van der Waals surface area contributed by atoms with Gasteiger partial charge in [-0.2, -0.15) is 5.10 Å². The molecule has 2 fully saturated rings. The maximum Gasteiger partial charge on any atom is 0.236 e. The van der Waals surface area contributed by atoms with Crippen LogP contribution < -0.4 is 10.2 Å². The van der Waals surface area contributed by atoms with Gasteiger partial charge in [-0.05, 0) is 93.5 Å². The number of aromatic nitrogens is 4. The fraction of sp³-hybridized carbons (Fsp3) is 0.324. The number of carbonyl (C=O) groups is 2. The third-order valence-corrected chi connectivity index (χ3v) is 9.99. The summed E-state index contributed by atoms with van der Waals surface area (Å²) >= 11 is 0. The average Bonchev–Trinajstić information content (AvgIpc) is 3.74. The molecule has 0 saturated carbocycles. The molecule has 11 nitrogen and oxygen atoms in total. The first-order valence-electron chi connectivity index (χ1n) is 16.6. The molecule has 7 rings (SSSR count). The molecule has 50 heavy (non-hydrogen) atoms. The molecule has 0 spiro atoms. The lowest BCUT2D eigenvalue weighted by molar-refractivity contribution is -0.141. The minimum absolute atomic E-state index is 0.0147. The Morgan fingerprint density at radius 2 is 1.58 bits per heavy atom. The predicted molar refractivity (Wildman–Crippen MR) is 186 cm³/mol. The number of H-pyrrole nitrogens is 1. The Balaban J connectivity index is 0.971. The van der Waals surface area contributed by atoms with E-state index < -0.39 is 16.8 Å². The number of carbonyl (C=O) groups excluding carboxylic acids is 2. The number of nitrogens with zero attached hydrogens (tertiary/aromatic N) is 6. The fourth-order valence-corrected chi connectivity index (χ4v) is 6.94. The van der Waals surface area contributed by atoms with Crippen LogP contribution in [0.3, 0.4) is 0 Å². The Kier molecular flexibility index (Phi) is 8.78. The molecular formula is C37H38F2N8O3. The second-order valence-corrected chi connectivity index (χ2v) is 13.5. The normalized spacial score (nSPS) is 18.5. The number of aromatic amines is 1. The van der Waals surface area contributed by atoms with Crippen LogP contribution >= 0.6 is 0 Å². The first kappa shape index (κ1) is 33.2. The summed E-state index contributed by atoms with van der Waals surface area (Å²) < 4.78 is 26.7. The molecule has 13 heteroatoms. The molecule has 258 valence electrons. The Morgan fingerprint density at radius 1 is 0.900 bits per heavy atom. The third kappa shape index (κ3) is 6.53. The lowest BCUT2D eigenvalue weighted by Gasteiger charge is -2.39. The molecular weight excluding hydrogens is 642 g/mol. The highest BCUT2D eigenvalue weighted by Crippen LogP contribution is 2.42. The quantitative estimate of drug-likeness (QED) is 0.215. The van der Waals surface area contributed by atoms with Crippen molar-refractivity contribution in [2.45, 2.75) is 25.9 Å². The summed E-state index contributed by atoms with van der Waals surface area (Å²) in [5.74, 6) is -0.707. The number of likely N-dealkylation sites (tertiary alicyclic amines) is 1. The average molecular weight is 681 g/mol. The summed E-state index contributed by atoms with van der Waals surface area (Å²) in [5, 5.41) is 22.5. The second-order valence-electron chi connectivity index (χ2n) is 13.5. The summed E-state index contributed by atoms with van der Waals surface area (Å²) in [6.45, 7) is 6.60. The van der Waals surface area contributed by atoms with Gasteiger partial charge in [0, 0.05) is 60.6 Å². The van der Waals surface area contributed by atoms with Crippen molar-refractivity contribution in [3.63, 3.8) is 0 Å². The molecule has 0 bridgehead atoms. The van der Waals surface area contributed by atoms with E-state index in [1.54, 1.807) is 32.0 Å². The molecule has 0 radical (unpaired) electrons. The van der Waals surface area contributed by atoms with E-state index in [1.807, 2.05) is 46.2 Å². The summed E-state index contributed by atoms with van der Waals surface area (Å²) in [5.41, 5.74) is 1.97. The van der Waals surface area contributed by atoms with E-state index in [1.165, 1.54) is 12.1 Å². The molecule has 3 N–H and O–H groups in total. The van der Waals surface area contributed by atoms with E-state index in [0.29, 0.717) is 56.4 Å². The number of hydrogen-bond acceptors (Lipinski definition) is 8. The zero-order valence-electron chi connectivity index (χ0n) is 27.9. The van der Waals surface area contributed by atoms with Crippen LogP contribution in [0.1, 0.15) is 20.3 Å². The number of anilines is 2. The topological polar surface area (TPSA) is 131 Å². The van der Waals surface area contributed by atoms with E-state index in [9.17, 15) is 23.5 Å². The van der Waals surface area contributed by atoms with Crippen molar-refractivity contribution in [2.75, 3.05) is 56.0 Å². The van der Waals surface area contributed by atoms with Crippen molar-refractivity contribution in [3.05, 3.63) is 90.8 Å². The van der Waals surface area contributed by atoms with Crippen molar-refractivity contribution in [3.8, 4) is 22.6 Å². The van der Waals surface area contributed by atoms with E-state index in [-0.39, 0.29) is 30.7 Å². The zero-order valence-corrected chi connectivity index (χ0v) is 27.9. The van der Waals surface area contributed by atoms with Crippen molar-refractivity contribution >= 4 is 34.1 Å². The van der Waals surface area contributed by atoms with Gasteiger partial charge in [0.25, 0.3) is 0 Å². The van der Waals surface area contributed by atoms with Crippen LogP contribution in [-0.2, 0) is 9.59 Å². The standard InChI is InChI=1S/C37H38F2N8O3/c1-36(2,50)37(35(49)42-28-9-12-31-30(19-28)33(44-43-31)24-3-7-26(38)8-4-24)13-14-45(23-37)22-32(48)47-17-15-46(16-18-47)29-10-5-25(6-11-29)34-40-20-27(39)21-41-34/h3-12,19-21,50H,13-18,22-23H2,1-2H3,(H,42,49)(H,43,44). The van der Waals surface area contributed by atoms with Crippen molar-refractivity contribution in [2.24, 2.45) is 5.41 Å². The van der Waals surface area contributed by atoms with Gasteiger partial charge in [0.2, 0.25) is 11.8 Å². The Hall–Kier alpha value is -5.27. The lowest BCUT2D eigenvalue weighted by atomic mass is 9.72. The number of hydrogen-bond donors (Lipinski definition) is 3. The molecule has 2 aromatic heterocycles. The minimum Gasteiger partial charge on any atom is -0.389 e. The maximum absolute atomic E-state index is 14.0. The van der Waals surface area contributed by atoms with Crippen LogP contribution in [0.4, 0.5) is 20.2 Å². The summed E-state index contributed by atoms with van der Waals surface area (Å²) in [4.78, 5) is 41.5. The largest absolute Gasteiger partial charge is 0.389 e. The van der Waals surface area contributed by atoms with Crippen LogP contribution in [0, 0.1) is 17.0 Å². The highest BCUT2D eigenvalue weighted by molar-refractivity contribution is 6.01. The maximum atomic E-state index is 14.0. The molecule has 2 amide bonds. The van der Waals surface area contributed by atoms with E-state index >= 15 is 0 Å². The Morgan fingerprint density at radius 3 is 2.26 bits per heavy atom. The smallest absolute Gasteiger partial charge is 0.236 e. The molecule has 2 aliphatic rings. The van der Waals surface area contributed by atoms with Crippen molar-refractivity contribution < 1.29 is 23.5 Å². The SMILES string of the molecule is CC(C)(O)C1(C(=O)Nc2ccc3[nH]nc(-c4ccc(F)cc4)c3c2)CCN(CC(=O)N2CCN(c3ccc(-c4ncc(F)cn4)cc3)CC2)C1. The van der Waals surface area contributed by atoms with Crippen LogP contribution in [0.15, 0.2) is 79.1 Å². The Labute approximate surface area is 287 Å². The van der Waals surface area contributed by atoms with Gasteiger partial charge in [0.1, 0.15) is 5.82 Å². The van der Waals surface area contributed by atoms with Gasteiger partial charge in [-0.25, -0.2) is 18.7 Å². The van der Waals surface area contributed by atoms with Crippen LogP contribution in [0.25, 0.3) is 33.5 Å². The number of rotatable bonds is 8. The fourth-order valence-electron chi connectivity index (χ4n) is 6.94. The molecule has 3 aromatic carbocycles. The molecule has 1 atom stereocenters. The number of amides is 2. The number of nitrogens with one attached hydrogen (secondary N) is 2. The lowest BCUT2D eigenvalue weighted by Crippen LogP contribution is -2.54. The summed E-state index contributed by atoms with van der Waals surface area (Å²) in [6, 6.07) is 19.2. The minimum atomic E-state index is -1.36. The molecule has 4 heterocycles. The molecule has 1 unspecified atom stereocenters. The zero-order chi connectivity index (χ0) is 35.0. The first-order chi connectivity index (χ1) is 24.0. The number of fused-ring (bicyclic) bond motifs is 1. The van der Waals surface area contributed by atoms with Gasteiger partial charge in [0.05, 0.1) is 41.2 Å². The molecule has 2 aliphatic heterocycles. The van der Waals surface area contributed by atoms with Gasteiger partial charge in [0.15, 0.2) is 11.6 Å². The summed E-state index contributed by atoms with van der Waals surface area (Å²) in [6.07, 6.45) is 2.67. The molecule has 5 aromatic rings. The molecule has 2 saturated heterocycles. The van der Waals surface area contributed by atoms with E-state index in [0.717, 1.165) is 40.1 Å². The Bertz CT molecular complexity index is 2000. The summed E-state index contributed by atoms with van der Waals surface area (Å²) in [7, 11) is 0. The first-order valence-corrected chi connectivity index (χ1v) is 16.6. The van der Waals surface area contributed by atoms with Gasteiger partial charge >= 0.3 is 0 Å². The number of benzene rings is 3. The van der Waals surface area contributed by atoms with E-state index in [4.69, 9.17) is 0 Å². The number of halogens is 2. The van der Waals surface area contributed by atoms with Crippen LogP contribution in [0.2, 0.25) is 0 Å². The number of piperazine rings is 1. The van der Waals surface area contributed by atoms with Gasteiger partial charge < -0.3 is 20.2 Å². The van der Waals surface area contributed by atoms with Gasteiger partial charge in [-0.15, -0.1) is 0 Å². The second kappa shape index (κ2) is 13.2. The van der Waals surface area contributed by atoms with Crippen molar-refractivity contribution in [1.82, 2.24) is 30.0 Å². The highest BCUT2D eigenvalue weighted by atomic mass is 19.1. The number of aliphatic hydroxyl groups is 1. The van der Waals surface area contributed by atoms with Crippen LogP contribution in [-0.4, -0.2) is 98.3 Å². The third-order valence-electron chi connectivity index (χ3n) is 9.99. The molecule has 0 aliphatic carbocycles. The van der Waals surface area contributed by atoms with Gasteiger partial charge in [-0.3, -0.25) is 19.6 Å². The van der Waals surface area contributed by atoms with Crippen molar-refractivity contribution in [1.29, 1.82) is 0 Å². The van der Waals surface area contributed by atoms with Crippen LogP contribution in [0.5, 0.6) is 0 Å². The monoisotopic (exact) mass is 680 g/mol. The predicted octanol–water partition coefficient (Wildman–Crippen LogP) is 4.72. The van der Waals surface area contributed by atoms with E-state index in [2.05, 4.69) is 30.4 Å².